The van der Waals surface area contributed by atoms with Crippen LogP contribution in [0, 0.1) is 0 Å². The van der Waals surface area contributed by atoms with Crippen LogP contribution in [0.15, 0.2) is 30.3 Å². The molecule has 0 fully saturated rings. The number of rotatable bonds is 5. The summed E-state index contributed by atoms with van der Waals surface area (Å²) in [6.07, 6.45) is 1.67. The van der Waals surface area contributed by atoms with E-state index in [1.807, 2.05) is 25.1 Å². The summed E-state index contributed by atoms with van der Waals surface area (Å²) in [5.41, 5.74) is 0.594. The number of carbonyl (C=O) groups is 1. The van der Waals surface area contributed by atoms with Gasteiger partial charge in [-0.2, -0.15) is 0 Å². The van der Waals surface area contributed by atoms with Crippen LogP contribution in [0.1, 0.15) is 30.1 Å². The summed E-state index contributed by atoms with van der Waals surface area (Å²) in [4.78, 5) is 11.4. The molecule has 0 aliphatic heterocycles. The molecular formula is C12H15ClO2. The fourth-order valence-corrected chi connectivity index (χ4v) is 1.34. The van der Waals surface area contributed by atoms with E-state index in [2.05, 4.69) is 0 Å². The largest absolute Gasteiger partial charge is 0.462 e. The van der Waals surface area contributed by atoms with E-state index in [1.165, 1.54) is 0 Å². The molecule has 0 N–H and O–H groups in total. The Morgan fingerprint density at radius 2 is 2.07 bits per heavy atom. The molecule has 1 aromatic carbocycles. The van der Waals surface area contributed by atoms with Crippen LogP contribution in [0.2, 0.25) is 0 Å². The smallest absolute Gasteiger partial charge is 0.338 e. The van der Waals surface area contributed by atoms with Gasteiger partial charge in [0, 0.05) is 5.38 Å². The summed E-state index contributed by atoms with van der Waals surface area (Å²) in [5, 5.41) is 0.139. The topological polar surface area (TPSA) is 26.3 Å². The molecule has 0 radical (unpaired) electrons. The van der Waals surface area contributed by atoms with Crippen molar-refractivity contribution in [1.29, 1.82) is 0 Å². The van der Waals surface area contributed by atoms with E-state index in [9.17, 15) is 4.79 Å². The number of benzene rings is 1. The lowest BCUT2D eigenvalue weighted by Crippen LogP contribution is -2.07. The minimum atomic E-state index is -0.266. The summed E-state index contributed by atoms with van der Waals surface area (Å²) in [7, 11) is 0. The van der Waals surface area contributed by atoms with E-state index < -0.39 is 0 Å². The fraction of sp³-hybridized carbons (Fsp3) is 0.417. The van der Waals surface area contributed by atoms with Crippen LogP contribution in [-0.4, -0.2) is 18.0 Å². The summed E-state index contributed by atoms with van der Waals surface area (Å²) >= 11 is 5.77. The SMILES string of the molecule is C[C@H](Cl)CCCOC(=O)c1ccccc1. The van der Waals surface area contributed by atoms with Crippen molar-refractivity contribution in [3.05, 3.63) is 35.9 Å². The van der Waals surface area contributed by atoms with E-state index in [0.29, 0.717) is 12.2 Å². The van der Waals surface area contributed by atoms with Crippen LogP contribution in [-0.2, 0) is 4.74 Å². The van der Waals surface area contributed by atoms with Gasteiger partial charge in [-0.15, -0.1) is 11.6 Å². The van der Waals surface area contributed by atoms with Crippen molar-refractivity contribution in [3.63, 3.8) is 0 Å². The highest BCUT2D eigenvalue weighted by molar-refractivity contribution is 6.20. The molecule has 0 heterocycles. The highest BCUT2D eigenvalue weighted by atomic mass is 35.5. The van der Waals surface area contributed by atoms with Gasteiger partial charge in [-0.25, -0.2) is 4.79 Å². The first kappa shape index (κ1) is 12.1. The van der Waals surface area contributed by atoms with Gasteiger partial charge in [0.05, 0.1) is 12.2 Å². The van der Waals surface area contributed by atoms with Crippen molar-refractivity contribution in [3.8, 4) is 0 Å². The van der Waals surface area contributed by atoms with Crippen LogP contribution in [0.25, 0.3) is 0 Å². The average molecular weight is 227 g/mol. The number of halogens is 1. The Morgan fingerprint density at radius 1 is 1.40 bits per heavy atom. The molecule has 0 aliphatic carbocycles. The van der Waals surface area contributed by atoms with Crippen LogP contribution < -0.4 is 0 Å². The van der Waals surface area contributed by atoms with Gasteiger partial charge >= 0.3 is 5.97 Å². The Morgan fingerprint density at radius 3 is 2.67 bits per heavy atom. The summed E-state index contributed by atoms with van der Waals surface area (Å²) < 4.78 is 5.08. The number of hydrogen-bond acceptors (Lipinski definition) is 2. The van der Waals surface area contributed by atoms with Crippen LogP contribution in [0.3, 0.4) is 0 Å². The standard InChI is InChI=1S/C12H15ClO2/c1-10(13)6-5-9-15-12(14)11-7-3-2-4-8-11/h2-4,7-8,10H,5-6,9H2,1H3/t10-/m0/s1. The third kappa shape index (κ3) is 4.84. The summed E-state index contributed by atoms with van der Waals surface area (Å²) in [5.74, 6) is -0.266. The Labute approximate surface area is 95.2 Å². The van der Waals surface area contributed by atoms with Crippen LogP contribution in [0.5, 0.6) is 0 Å². The van der Waals surface area contributed by atoms with E-state index in [1.54, 1.807) is 12.1 Å². The van der Waals surface area contributed by atoms with Gasteiger partial charge in [0.25, 0.3) is 0 Å². The summed E-state index contributed by atoms with van der Waals surface area (Å²) in [6.45, 7) is 2.37. The van der Waals surface area contributed by atoms with Gasteiger partial charge in [-0.3, -0.25) is 0 Å². The molecule has 0 saturated carbocycles. The minimum Gasteiger partial charge on any atom is -0.462 e. The Hall–Kier alpha value is -1.02. The number of carbonyl (C=O) groups excluding carboxylic acids is 1. The zero-order valence-corrected chi connectivity index (χ0v) is 9.54. The van der Waals surface area contributed by atoms with Crippen LogP contribution in [0.4, 0.5) is 0 Å². The van der Waals surface area contributed by atoms with E-state index >= 15 is 0 Å². The third-order valence-electron chi connectivity index (χ3n) is 1.99. The number of hydrogen-bond donors (Lipinski definition) is 0. The first-order valence-corrected chi connectivity index (χ1v) is 5.50. The molecule has 0 unspecified atom stereocenters. The molecule has 0 amide bonds. The monoisotopic (exact) mass is 226 g/mol. The molecule has 3 heteroatoms. The molecule has 82 valence electrons. The van der Waals surface area contributed by atoms with Crippen molar-refractivity contribution >= 4 is 17.6 Å². The first-order valence-electron chi connectivity index (χ1n) is 5.06. The predicted octanol–water partition coefficient (Wildman–Crippen LogP) is 3.25. The van der Waals surface area contributed by atoms with Gasteiger partial charge in [-0.05, 0) is 31.9 Å². The third-order valence-corrected chi connectivity index (χ3v) is 2.21. The number of esters is 1. The lowest BCUT2D eigenvalue weighted by atomic mass is 10.2. The van der Waals surface area contributed by atoms with E-state index in [0.717, 1.165) is 12.8 Å². The first-order chi connectivity index (χ1) is 7.20. The van der Waals surface area contributed by atoms with Gasteiger partial charge in [0.15, 0.2) is 0 Å². The minimum absolute atomic E-state index is 0.139. The highest BCUT2D eigenvalue weighted by Gasteiger charge is 2.05. The lowest BCUT2D eigenvalue weighted by Gasteiger charge is -2.05. The van der Waals surface area contributed by atoms with Crippen molar-refractivity contribution in [1.82, 2.24) is 0 Å². The van der Waals surface area contributed by atoms with Gasteiger partial charge in [0.1, 0.15) is 0 Å². The second-order valence-electron chi connectivity index (χ2n) is 3.42. The Bertz CT molecular complexity index is 296. The molecule has 0 aromatic heterocycles. The number of alkyl halides is 1. The maximum atomic E-state index is 11.4. The quantitative estimate of drug-likeness (QED) is 0.438. The molecule has 15 heavy (non-hydrogen) atoms. The second-order valence-corrected chi connectivity index (χ2v) is 4.17. The maximum Gasteiger partial charge on any atom is 0.338 e. The predicted molar refractivity (Wildman–Crippen MR) is 61.3 cm³/mol. The molecular weight excluding hydrogens is 212 g/mol. The number of ether oxygens (including phenoxy) is 1. The maximum absolute atomic E-state index is 11.4. The zero-order valence-electron chi connectivity index (χ0n) is 8.78. The van der Waals surface area contributed by atoms with Crippen molar-refractivity contribution in [2.45, 2.75) is 25.1 Å². The molecule has 0 aliphatic rings. The Balaban J connectivity index is 2.25. The van der Waals surface area contributed by atoms with Gasteiger partial charge in [0.2, 0.25) is 0 Å². The Kier molecular flexibility index (Phi) is 5.19. The van der Waals surface area contributed by atoms with Crippen molar-refractivity contribution in [2.75, 3.05) is 6.61 Å². The second kappa shape index (κ2) is 6.46. The van der Waals surface area contributed by atoms with E-state index in [4.69, 9.17) is 16.3 Å². The molecule has 0 spiro atoms. The lowest BCUT2D eigenvalue weighted by molar-refractivity contribution is 0.0498. The van der Waals surface area contributed by atoms with Crippen molar-refractivity contribution < 1.29 is 9.53 Å². The molecule has 1 atom stereocenters. The van der Waals surface area contributed by atoms with Gasteiger partial charge in [-0.1, -0.05) is 18.2 Å². The normalized spacial score (nSPS) is 12.1. The fourth-order valence-electron chi connectivity index (χ4n) is 1.19. The van der Waals surface area contributed by atoms with Crippen LogP contribution >= 0.6 is 11.6 Å². The molecule has 2 nitrogen and oxygen atoms in total. The molecule has 0 bridgehead atoms. The average Bonchev–Trinajstić information content (AvgIpc) is 2.25. The van der Waals surface area contributed by atoms with E-state index in [-0.39, 0.29) is 11.3 Å². The van der Waals surface area contributed by atoms with Gasteiger partial charge < -0.3 is 4.74 Å². The van der Waals surface area contributed by atoms with Crippen molar-refractivity contribution in [2.24, 2.45) is 0 Å². The summed E-state index contributed by atoms with van der Waals surface area (Å²) in [6, 6.07) is 8.99. The zero-order chi connectivity index (χ0) is 11.1. The highest BCUT2D eigenvalue weighted by Crippen LogP contribution is 2.05. The molecule has 1 aromatic rings. The molecule has 0 saturated heterocycles. The molecule has 1 rings (SSSR count).